The summed E-state index contributed by atoms with van der Waals surface area (Å²) in [5, 5.41) is 0. The van der Waals surface area contributed by atoms with Crippen molar-refractivity contribution in [2.45, 2.75) is 207 Å². The van der Waals surface area contributed by atoms with Crippen molar-refractivity contribution in [1.29, 1.82) is 0 Å². The summed E-state index contributed by atoms with van der Waals surface area (Å²) in [6.07, 6.45) is 53.4. The highest BCUT2D eigenvalue weighted by atomic mass is 16.6. The van der Waals surface area contributed by atoms with Crippen LogP contribution in [0.1, 0.15) is 201 Å². The lowest BCUT2D eigenvalue weighted by molar-refractivity contribution is -0.166. The summed E-state index contributed by atoms with van der Waals surface area (Å²) in [6.45, 7) is 6.34. The van der Waals surface area contributed by atoms with E-state index >= 15 is 0 Å². The van der Waals surface area contributed by atoms with E-state index in [0.29, 0.717) is 12.8 Å². The second kappa shape index (κ2) is 43.6. The fraction of sp³-hybridized carbons (Fsp3) is 0.694. The normalized spacial score (nSPS) is 12.7. The van der Waals surface area contributed by atoms with Gasteiger partial charge in [0.2, 0.25) is 0 Å². The SMILES string of the molecule is CC/C=C\C/C=C\C/C=C\C/C=C\C/C=C\CC(=O)OCC(COC(=O)CCCCCCC/C=C\CCC)OC(=O)CCCCCCCCCCCCCC. The highest BCUT2D eigenvalue weighted by molar-refractivity contribution is 5.72. The standard InChI is InChI=1S/C49H82O6/c1-4-7-10-13-16-19-22-24-25-26-28-30-33-36-39-42-48(51)54-45-46(44-53-47(50)41-38-35-32-29-21-18-15-12-9-6-3)55-49(52)43-40-37-34-31-27-23-20-17-14-11-8-5-2/h7,10,12,15-16,19,24-25,28,30,36,39,46H,4-6,8-9,11,13-14,17-18,20-23,26-27,29,31-35,37-38,40-45H2,1-3H3/b10-7-,15-12-,19-16-,25-24-,30-28-,39-36-. The average molecular weight is 767 g/mol. The number of allylic oxidation sites excluding steroid dienone is 11. The van der Waals surface area contributed by atoms with Gasteiger partial charge in [0.05, 0.1) is 6.42 Å². The summed E-state index contributed by atoms with van der Waals surface area (Å²) in [6, 6.07) is 0. The van der Waals surface area contributed by atoms with Crippen LogP contribution in [-0.4, -0.2) is 37.2 Å². The Labute approximate surface area is 338 Å². The number of esters is 3. The third kappa shape index (κ3) is 41.8. The smallest absolute Gasteiger partial charge is 0.309 e. The Balaban J connectivity index is 4.51. The molecule has 1 atom stereocenters. The number of carbonyl (C=O) groups excluding carboxylic acids is 3. The maximum Gasteiger partial charge on any atom is 0.309 e. The van der Waals surface area contributed by atoms with Crippen LogP contribution in [0.25, 0.3) is 0 Å². The van der Waals surface area contributed by atoms with Crippen LogP contribution in [-0.2, 0) is 28.6 Å². The molecule has 0 spiro atoms. The first-order valence-electron chi connectivity index (χ1n) is 22.4. The molecule has 0 amide bonds. The molecule has 0 fully saturated rings. The van der Waals surface area contributed by atoms with Gasteiger partial charge in [0.25, 0.3) is 0 Å². The third-order valence-corrected chi connectivity index (χ3v) is 9.21. The molecular weight excluding hydrogens is 685 g/mol. The van der Waals surface area contributed by atoms with Crippen molar-refractivity contribution in [3.05, 3.63) is 72.9 Å². The molecule has 0 bridgehead atoms. The quantitative estimate of drug-likeness (QED) is 0.0268. The zero-order chi connectivity index (χ0) is 40.1. The van der Waals surface area contributed by atoms with E-state index in [1.807, 2.05) is 6.08 Å². The van der Waals surface area contributed by atoms with E-state index < -0.39 is 12.1 Å². The van der Waals surface area contributed by atoms with E-state index in [9.17, 15) is 14.4 Å². The van der Waals surface area contributed by atoms with E-state index in [1.54, 1.807) is 6.08 Å². The van der Waals surface area contributed by atoms with E-state index in [1.165, 1.54) is 70.6 Å². The summed E-state index contributed by atoms with van der Waals surface area (Å²) in [4.78, 5) is 37.6. The molecule has 6 nitrogen and oxygen atoms in total. The molecule has 0 aliphatic carbocycles. The van der Waals surface area contributed by atoms with Crippen molar-refractivity contribution in [3.63, 3.8) is 0 Å². The van der Waals surface area contributed by atoms with Gasteiger partial charge in [-0.3, -0.25) is 14.4 Å². The van der Waals surface area contributed by atoms with Crippen molar-refractivity contribution < 1.29 is 28.6 Å². The van der Waals surface area contributed by atoms with E-state index in [4.69, 9.17) is 14.2 Å². The number of carbonyl (C=O) groups is 3. The first-order chi connectivity index (χ1) is 27.0. The van der Waals surface area contributed by atoms with Gasteiger partial charge in [-0.1, -0.05) is 190 Å². The number of rotatable bonds is 39. The van der Waals surface area contributed by atoms with Gasteiger partial charge in [-0.15, -0.1) is 0 Å². The lowest BCUT2D eigenvalue weighted by Crippen LogP contribution is -2.30. The first-order valence-corrected chi connectivity index (χ1v) is 22.4. The Morgan fingerprint density at radius 2 is 0.818 bits per heavy atom. The van der Waals surface area contributed by atoms with Crippen LogP contribution in [0.2, 0.25) is 0 Å². The lowest BCUT2D eigenvalue weighted by Gasteiger charge is -2.18. The van der Waals surface area contributed by atoms with Crippen LogP contribution in [0.15, 0.2) is 72.9 Å². The fourth-order valence-electron chi connectivity index (χ4n) is 5.87. The predicted molar refractivity (Wildman–Crippen MR) is 233 cm³/mol. The lowest BCUT2D eigenvalue weighted by atomic mass is 10.0. The topological polar surface area (TPSA) is 78.9 Å². The Bertz CT molecular complexity index is 1070. The molecule has 55 heavy (non-hydrogen) atoms. The highest BCUT2D eigenvalue weighted by Gasteiger charge is 2.19. The summed E-state index contributed by atoms with van der Waals surface area (Å²) in [5.74, 6) is -1.06. The van der Waals surface area contributed by atoms with Crippen molar-refractivity contribution in [2.24, 2.45) is 0 Å². The predicted octanol–water partition coefficient (Wildman–Crippen LogP) is 14.3. The maximum absolute atomic E-state index is 12.7. The summed E-state index contributed by atoms with van der Waals surface area (Å²) < 4.78 is 16.6. The highest BCUT2D eigenvalue weighted by Crippen LogP contribution is 2.14. The summed E-state index contributed by atoms with van der Waals surface area (Å²) >= 11 is 0. The molecule has 0 N–H and O–H groups in total. The molecule has 0 heterocycles. The first kappa shape index (κ1) is 51.9. The molecular formula is C49H82O6. The summed E-state index contributed by atoms with van der Waals surface area (Å²) in [7, 11) is 0. The molecule has 0 aliphatic heterocycles. The van der Waals surface area contributed by atoms with Crippen molar-refractivity contribution in [1.82, 2.24) is 0 Å². The Kier molecular flexibility index (Phi) is 41.1. The minimum Gasteiger partial charge on any atom is -0.462 e. The monoisotopic (exact) mass is 767 g/mol. The van der Waals surface area contributed by atoms with Gasteiger partial charge in [0, 0.05) is 12.8 Å². The third-order valence-electron chi connectivity index (χ3n) is 9.21. The van der Waals surface area contributed by atoms with Crippen LogP contribution >= 0.6 is 0 Å². The van der Waals surface area contributed by atoms with Crippen LogP contribution in [0.5, 0.6) is 0 Å². The average Bonchev–Trinajstić information content (AvgIpc) is 3.18. The second-order valence-electron chi connectivity index (χ2n) is 14.6. The van der Waals surface area contributed by atoms with Crippen molar-refractivity contribution in [3.8, 4) is 0 Å². The minimum atomic E-state index is -0.813. The molecule has 0 radical (unpaired) electrons. The van der Waals surface area contributed by atoms with Gasteiger partial charge in [-0.05, 0) is 64.2 Å². The van der Waals surface area contributed by atoms with Crippen LogP contribution in [0, 0.1) is 0 Å². The summed E-state index contributed by atoms with van der Waals surface area (Å²) in [5.41, 5.74) is 0. The molecule has 0 aromatic rings. The van der Waals surface area contributed by atoms with Gasteiger partial charge < -0.3 is 14.2 Å². The number of ether oxygens (including phenoxy) is 3. The van der Waals surface area contributed by atoms with Crippen LogP contribution in [0.3, 0.4) is 0 Å². The Hall–Kier alpha value is -3.15. The molecule has 0 saturated carbocycles. The largest absolute Gasteiger partial charge is 0.462 e. The van der Waals surface area contributed by atoms with Gasteiger partial charge in [-0.2, -0.15) is 0 Å². The molecule has 6 heteroatoms. The molecule has 0 aliphatic rings. The second-order valence-corrected chi connectivity index (χ2v) is 14.6. The Morgan fingerprint density at radius 1 is 0.400 bits per heavy atom. The Morgan fingerprint density at radius 3 is 1.33 bits per heavy atom. The van der Waals surface area contributed by atoms with Gasteiger partial charge in [0.1, 0.15) is 13.2 Å². The minimum absolute atomic E-state index is 0.109. The van der Waals surface area contributed by atoms with Crippen molar-refractivity contribution in [2.75, 3.05) is 13.2 Å². The number of hydrogen-bond acceptors (Lipinski definition) is 6. The van der Waals surface area contributed by atoms with Crippen LogP contribution < -0.4 is 0 Å². The van der Waals surface area contributed by atoms with E-state index in [-0.39, 0.29) is 31.6 Å². The van der Waals surface area contributed by atoms with Gasteiger partial charge in [-0.25, -0.2) is 0 Å². The zero-order valence-corrected chi connectivity index (χ0v) is 35.7. The molecule has 1 unspecified atom stereocenters. The molecule has 0 rings (SSSR count). The number of hydrogen-bond donors (Lipinski definition) is 0. The maximum atomic E-state index is 12.7. The molecule has 0 saturated heterocycles. The molecule has 0 aromatic carbocycles. The number of unbranched alkanes of at least 4 members (excludes halogenated alkanes) is 17. The van der Waals surface area contributed by atoms with Crippen LogP contribution in [0.4, 0.5) is 0 Å². The zero-order valence-electron chi connectivity index (χ0n) is 35.7. The molecule has 314 valence electrons. The van der Waals surface area contributed by atoms with E-state index in [2.05, 4.69) is 81.5 Å². The molecule has 0 aromatic heterocycles. The van der Waals surface area contributed by atoms with E-state index in [0.717, 1.165) is 89.9 Å². The van der Waals surface area contributed by atoms with Gasteiger partial charge >= 0.3 is 17.9 Å². The van der Waals surface area contributed by atoms with Crippen molar-refractivity contribution >= 4 is 17.9 Å². The fourth-order valence-corrected chi connectivity index (χ4v) is 5.87. The van der Waals surface area contributed by atoms with Gasteiger partial charge in [0.15, 0.2) is 6.10 Å².